The minimum Gasteiger partial charge on any atom is -0.460 e. The Morgan fingerprint density at radius 2 is 1.90 bits per heavy atom. The van der Waals surface area contributed by atoms with Gasteiger partial charge in [-0.05, 0) is 49.5 Å². The van der Waals surface area contributed by atoms with Crippen molar-refractivity contribution in [2.24, 2.45) is 28.6 Å². The topological polar surface area (TPSA) is 100 Å². The summed E-state index contributed by atoms with van der Waals surface area (Å²) >= 11 is 0. The van der Waals surface area contributed by atoms with E-state index in [1.54, 1.807) is 12.0 Å². The van der Waals surface area contributed by atoms with E-state index in [-0.39, 0.29) is 37.2 Å². The average Bonchev–Trinajstić information content (AvgIpc) is 3.65. The molecule has 9 heteroatoms. The molecule has 3 fully saturated rings. The van der Waals surface area contributed by atoms with E-state index in [0.717, 1.165) is 5.56 Å². The Morgan fingerprint density at radius 1 is 1.14 bits per heavy atom. The normalized spacial score (nSPS) is 41.0. The number of rotatable bonds is 5. The Kier molecular flexibility index (Phi) is 6.13. The molecule has 0 bridgehead atoms. The fraction of sp³-hybridized carbons (Fsp3) is 0.515. The summed E-state index contributed by atoms with van der Waals surface area (Å²) in [6, 6.07) is 13.4. The summed E-state index contributed by atoms with van der Waals surface area (Å²) in [5, 5.41) is 23.4. The van der Waals surface area contributed by atoms with Gasteiger partial charge in [0.2, 0.25) is 0 Å². The molecular weight excluding hydrogens is 544 g/mol. The highest BCUT2D eigenvalue weighted by atomic mass is 19.1. The second kappa shape index (κ2) is 9.26. The number of hydrogen-bond donors (Lipinski definition) is 2. The number of ketones is 2. The van der Waals surface area contributed by atoms with Crippen molar-refractivity contribution in [1.29, 1.82) is 0 Å². The molecule has 7 nitrogen and oxygen atoms in total. The maximum atomic E-state index is 17.5. The number of aliphatic hydroxyl groups excluding tert-OH is 2. The molecule has 1 aromatic carbocycles. The van der Waals surface area contributed by atoms with E-state index in [9.17, 15) is 19.8 Å². The summed E-state index contributed by atoms with van der Waals surface area (Å²) in [5.41, 5.74) is -5.27. The molecule has 7 rings (SSSR count). The van der Waals surface area contributed by atoms with Crippen LogP contribution in [0, 0.1) is 28.6 Å². The Morgan fingerprint density at radius 3 is 2.64 bits per heavy atom. The number of Topliss-reactive ketones (excluding diaryl/α,β-unsaturated/α-hetero) is 1. The molecule has 2 saturated carbocycles. The first-order valence-corrected chi connectivity index (χ1v) is 14.7. The fourth-order valence-electron chi connectivity index (χ4n) is 9.40. The van der Waals surface area contributed by atoms with Crippen LogP contribution in [-0.4, -0.2) is 57.4 Å². The van der Waals surface area contributed by atoms with Crippen molar-refractivity contribution in [1.82, 2.24) is 5.06 Å². The lowest BCUT2D eigenvalue weighted by molar-refractivity contribution is -0.267. The number of furan rings is 1. The van der Waals surface area contributed by atoms with Crippen molar-refractivity contribution in [3.63, 3.8) is 0 Å². The lowest BCUT2D eigenvalue weighted by atomic mass is 9.45. The Balaban J connectivity index is 1.22. The number of benzene rings is 1. The molecular formula is C33H35F2NO6. The maximum Gasteiger partial charge on any atom is 0.192 e. The second-order valence-electron chi connectivity index (χ2n) is 13.2. The van der Waals surface area contributed by atoms with Gasteiger partial charge < -0.3 is 14.6 Å². The minimum atomic E-state index is -2.23. The van der Waals surface area contributed by atoms with Crippen molar-refractivity contribution >= 4 is 11.6 Å². The molecule has 2 aromatic rings. The summed E-state index contributed by atoms with van der Waals surface area (Å²) < 4.78 is 39.3. The summed E-state index contributed by atoms with van der Waals surface area (Å²) in [7, 11) is 0. The zero-order valence-corrected chi connectivity index (χ0v) is 23.7. The first-order valence-electron chi connectivity index (χ1n) is 14.7. The van der Waals surface area contributed by atoms with Gasteiger partial charge >= 0.3 is 0 Å². The number of aliphatic hydroxyl groups is 2. The highest BCUT2D eigenvalue weighted by Gasteiger charge is 2.79. The molecule has 0 amide bonds. The standard InChI is InChI=1S/C33H35F2NO6/c1-30-11-10-21(38)13-25(30)26(34)14-24-23-12-20-16-36(17-22-8-9-27(41-22)19-6-4-3-5-7-19)42-33(20,29(40)18-37)31(23,2)15-28(39)32(24,30)35/h3-11,20,23-24,28,37,39H,12-18H2,1-2H3/t20-,23-,24-,28-,30-,31-,32-,33-/m0/s1. The van der Waals surface area contributed by atoms with Crippen molar-refractivity contribution < 1.29 is 37.8 Å². The van der Waals surface area contributed by atoms with Crippen molar-refractivity contribution in [2.75, 3.05) is 13.2 Å². The van der Waals surface area contributed by atoms with Crippen molar-refractivity contribution in [3.8, 4) is 11.3 Å². The largest absolute Gasteiger partial charge is 0.460 e. The van der Waals surface area contributed by atoms with Crippen LogP contribution in [0.4, 0.5) is 8.78 Å². The molecule has 4 aliphatic carbocycles. The van der Waals surface area contributed by atoms with Gasteiger partial charge in [-0.2, -0.15) is 5.06 Å². The summed E-state index contributed by atoms with van der Waals surface area (Å²) in [6.45, 7) is 3.20. The third-order valence-electron chi connectivity index (χ3n) is 11.3. The quantitative estimate of drug-likeness (QED) is 0.521. The molecule has 5 aliphatic rings. The van der Waals surface area contributed by atoms with Gasteiger partial charge in [-0.15, -0.1) is 0 Å². The molecule has 0 spiro atoms. The van der Waals surface area contributed by atoms with E-state index in [1.807, 2.05) is 49.4 Å². The first-order chi connectivity index (χ1) is 20.0. The smallest absolute Gasteiger partial charge is 0.192 e. The van der Waals surface area contributed by atoms with Crippen molar-refractivity contribution in [2.45, 2.75) is 63.4 Å². The predicted octanol–water partition coefficient (Wildman–Crippen LogP) is 4.89. The number of nitrogens with zero attached hydrogens (tertiary/aromatic N) is 1. The van der Waals surface area contributed by atoms with E-state index >= 15 is 8.78 Å². The van der Waals surface area contributed by atoms with Crippen LogP contribution in [0.3, 0.4) is 0 Å². The van der Waals surface area contributed by atoms with Gasteiger partial charge in [0.05, 0.1) is 12.6 Å². The molecule has 1 aromatic heterocycles. The predicted molar refractivity (Wildman–Crippen MR) is 148 cm³/mol. The third kappa shape index (κ3) is 3.45. The monoisotopic (exact) mass is 579 g/mol. The number of hydrogen-bond acceptors (Lipinski definition) is 7. The lowest BCUT2D eigenvalue weighted by Gasteiger charge is -2.62. The van der Waals surface area contributed by atoms with Gasteiger partial charge in [-0.3, -0.25) is 14.4 Å². The third-order valence-corrected chi connectivity index (χ3v) is 11.3. The van der Waals surface area contributed by atoms with Gasteiger partial charge in [-0.25, -0.2) is 8.78 Å². The number of halogens is 2. The minimum absolute atomic E-state index is 0.103. The van der Waals surface area contributed by atoms with E-state index in [1.165, 1.54) is 12.2 Å². The Labute approximate surface area is 242 Å². The van der Waals surface area contributed by atoms with E-state index in [2.05, 4.69) is 0 Å². The zero-order chi connectivity index (χ0) is 29.7. The molecule has 1 aliphatic heterocycles. The van der Waals surface area contributed by atoms with Gasteiger partial charge in [-0.1, -0.05) is 43.3 Å². The SMILES string of the molecule is C[C@]12C=CC(=O)CC1=C(F)C[C@H]1[C@@H]3C[C@H]4CN(Cc5ccc(-c6ccccc6)o5)O[C@@]4(C(=O)CO)[C@@]3(C)C[C@H](O)[C@@]12F. The summed E-state index contributed by atoms with van der Waals surface area (Å²) in [4.78, 5) is 32.3. The van der Waals surface area contributed by atoms with Gasteiger partial charge in [0, 0.05) is 47.6 Å². The second-order valence-corrected chi connectivity index (χ2v) is 13.2. The maximum absolute atomic E-state index is 17.5. The number of fused-ring (bicyclic) bond motifs is 7. The van der Waals surface area contributed by atoms with Gasteiger partial charge in [0.1, 0.15) is 24.0 Å². The molecule has 2 heterocycles. The van der Waals surface area contributed by atoms with E-state index in [4.69, 9.17) is 9.25 Å². The van der Waals surface area contributed by atoms with Crippen LogP contribution in [0.5, 0.6) is 0 Å². The van der Waals surface area contributed by atoms with Crippen LogP contribution in [-0.2, 0) is 21.0 Å². The molecule has 222 valence electrons. The van der Waals surface area contributed by atoms with Crippen LogP contribution in [0.25, 0.3) is 11.3 Å². The van der Waals surface area contributed by atoms with Gasteiger partial charge in [0.25, 0.3) is 0 Å². The highest BCUT2D eigenvalue weighted by Crippen LogP contribution is 2.72. The molecule has 0 radical (unpaired) electrons. The Hall–Kier alpha value is -2.98. The van der Waals surface area contributed by atoms with E-state index in [0.29, 0.717) is 24.5 Å². The van der Waals surface area contributed by atoms with Crippen LogP contribution in [0.1, 0.15) is 45.3 Å². The van der Waals surface area contributed by atoms with Gasteiger partial charge in [0.15, 0.2) is 22.8 Å². The highest BCUT2D eigenvalue weighted by molar-refractivity contribution is 5.94. The number of hydroxylamine groups is 2. The van der Waals surface area contributed by atoms with Crippen LogP contribution < -0.4 is 0 Å². The average molecular weight is 580 g/mol. The summed E-state index contributed by atoms with van der Waals surface area (Å²) in [5.74, 6) is -1.85. The molecule has 2 N–H and O–H groups in total. The molecule has 1 saturated heterocycles. The molecule has 42 heavy (non-hydrogen) atoms. The first kappa shape index (κ1) is 27.8. The number of allylic oxidation sites excluding steroid dienone is 4. The molecule has 8 atom stereocenters. The van der Waals surface area contributed by atoms with Crippen LogP contribution >= 0.6 is 0 Å². The number of carbonyl (C=O) groups is 2. The molecule has 0 unspecified atom stereocenters. The number of alkyl halides is 1. The van der Waals surface area contributed by atoms with Crippen molar-refractivity contribution in [3.05, 3.63) is 71.8 Å². The zero-order valence-electron chi connectivity index (χ0n) is 23.7. The number of carbonyl (C=O) groups excluding carboxylic acids is 2. The fourth-order valence-corrected chi connectivity index (χ4v) is 9.40. The lowest BCUT2D eigenvalue weighted by Crippen LogP contribution is -2.69. The van der Waals surface area contributed by atoms with Crippen LogP contribution in [0.15, 0.2) is 70.4 Å². The van der Waals surface area contributed by atoms with E-state index < -0.39 is 64.2 Å². The Bertz CT molecular complexity index is 1520. The van der Waals surface area contributed by atoms with Crippen LogP contribution in [0.2, 0.25) is 0 Å². The summed E-state index contributed by atoms with van der Waals surface area (Å²) in [6.07, 6.45) is 0.962.